The first kappa shape index (κ1) is 10.7. The average Bonchev–Trinajstić information content (AvgIpc) is 2.83. The third kappa shape index (κ3) is 2.21. The molecular weight excluding hydrogens is 200 g/mol. The molecule has 0 amide bonds. The zero-order valence-electron chi connectivity index (χ0n) is 9.59. The molecule has 1 aromatic carbocycles. The van der Waals surface area contributed by atoms with E-state index >= 15 is 0 Å². The first-order valence-electron chi connectivity index (χ1n) is 5.52. The molecule has 0 aliphatic carbocycles. The van der Waals surface area contributed by atoms with Crippen LogP contribution < -0.4 is 5.32 Å². The zero-order valence-corrected chi connectivity index (χ0v) is 9.59. The number of anilines is 1. The van der Waals surface area contributed by atoms with Gasteiger partial charge in [0.05, 0.1) is 11.4 Å². The lowest BCUT2D eigenvalue weighted by atomic mass is 10.2. The second-order valence-corrected chi connectivity index (χ2v) is 3.81. The van der Waals surface area contributed by atoms with Crippen LogP contribution in [0.3, 0.4) is 0 Å². The minimum atomic E-state index is 0.449. The molecule has 2 rings (SSSR count). The smallest absolute Gasteiger partial charge is 0.138 e. The zero-order chi connectivity index (χ0) is 11.4. The van der Waals surface area contributed by atoms with Gasteiger partial charge in [-0.05, 0) is 25.5 Å². The van der Waals surface area contributed by atoms with Crippen molar-refractivity contribution >= 4 is 5.69 Å². The monoisotopic (exact) mass is 216 g/mol. The summed E-state index contributed by atoms with van der Waals surface area (Å²) in [6.45, 7) is 4.33. The molecule has 1 heterocycles. The third-order valence-corrected chi connectivity index (χ3v) is 2.58. The summed E-state index contributed by atoms with van der Waals surface area (Å²) in [5, 5.41) is 7.61. The lowest BCUT2D eigenvalue weighted by Crippen LogP contribution is -2.15. The molecule has 4 heteroatoms. The van der Waals surface area contributed by atoms with Crippen LogP contribution in [0.1, 0.15) is 20.3 Å². The van der Waals surface area contributed by atoms with Crippen molar-refractivity contribution in [3.8, 4) is 5.69 Å². The fraction of sp³-hybridized carbons (Fsp3) is 0.333. The number of hydrogen-bond acceptors (Lipinski definition) is 3. The van der Waals surface area contributed by atoms with E-state index in [0.29, 0.717) is 6.04 Å². The van der Waals surface area contributed by atoms with Crippen molar-refractivity contribution in [2.24, 2.45) is 0 Å². The lowest BCUT2D eigenvalue weighted by molar-refractivity contribution is 0.760. The predicted octanol–water partition coefficient (Wildman–Crippen LogP) is 2.48. The molecule has 0 aliphatic rings. The Hall–Kier alpha value is -1.84. The van der Waals surface area contributed by atoms with E-state index in [2.05, 4.69) is 35.3 Å². The van der Waals surface area contributed by atoms with Gasteiger partial charge in [-0.15, -0.1) is 0 Å². The van der Waals surface area contributed by atoms with Crippen molar-refractivity contribution in [2.45, 2.75) is 26.3 Å². The highest BCUT2D eigenvalue weighted by atomic mass is 15.3. The largest absolute Gasteiger partial charge is 0.381 e. The van der Waals surface area contributed by atoms with Gasteiger partial charge in [-0.1, -0.05) is 19.1 Å². The second-order valence-electron chi connectivity index (χ2n) is 3.81. The van der Waals surface area contributed by atoms with Gasteiger partial charge < -0.3 is 5.32 Å². The van der Waals surface area contributed by atoms with Crippen LogP contribution in [-0.4, -0.2) is 20.8 Å². The Kier molecular flexibility index (Phi) is 3.19. The van der Waals surface area contributed by atoms with Crippen LogP contribution in [0.25, 0.3) is 5.69 Å². The van der Waals surface area contributed by atoms with Crippen LogP contribution in [0.5, 0.6) is 0 Å². The van der Waals surface area contributed by atoms with Crippen molar-refractivity contribution in [1.29, 1.82) is 0 Å². The van der Waals surface area contributed by atoms with Gasteiger partial charge in [-0.2, -0.15) is 5.10 Å². The van der Waals surface area contributed by atoms with Crippen LogP contribution in [0.4, 0.5) is 5.69 Å². The van der Waals surface area contributed by atoms with E-state index < -0.39 is 0 Å². The minimum absolute atomic E-state index is 0.449. The number of rotatable bonds is 4. The third-order valence-electron chi connectivity index (χ3n) is 2.58. The molecule has 16 heavy (non-hydrogen) atoms. The SMILES string of the molecule is CCC(C)Nc1ccccc1-n1cncn1. The van der Waals surface area contributed by atoms with Crippen molar-refractivity contribution < 1.29 is 0 Å². The summed E-state index contributed by atoms with van der Waals surface area (Å²) < 4.78 is 1.77. The Morgan fingerprint density at radius 1 is 1.38 bits per heavy atom. The van der Waals surface area contributed by atoms with Gasteiger partial charge in [-0.3, -0.25) is 0 Å². The van der Waals surface area contributed by atoms with Gasteiger partial charge in [0, 0.05) is 6.04 Å². The molecule has 2 aromatic rings. The van der Waals surface area contributed by atoms with Gasteiger partial charge in [0.1, 0.15) is 12.7 Å². The number of nitrogens with zero attached hydrogens (tertiary/aromatic N) is 3. The van der Waals surface area contributed by atoms with E-state index in [9.17, 15) is 0 Å². The molecule has 1 unspecified atom stereocenters. The molecule has 0 spiro atoms. The van der Waals surface area contributed by atoms with Crippen LogP contribution >= 0.6 is 0 Å². The summed E-state index contributed by atoms with van der Waals surface area (Å²) in [5.41, 5.74) is 2.11. The Morgan fingerprint density at radius 3 is 2.88 bits per heavy atom. The fourth-order valence-corrected chi connectivity index (χ4v) is 1.50. The topological polar surface area (TPSA) is 42.7 Å². The Balaban J connectivity index is 2.31. The summed E-state index contributed by atoms with van der Waals surface area (Å²) in [4.78, 5) is 3.96. The van der Waals surface area contributed by atoms with Gasteiger partial charge in [0.2, 0.25) is 0 Å². The molecule has 4 nitrogen and oxygen atoms in total. The molecule has 84 valence electrons. The van der Waals surface area contributed by atoms with E-state index in [1.807, 2.05) is 18.2 Å². The maximum Gasteiger partial charge on any atom is 0.138 e. The van der Waals surface area contributed by atoms with Gasteiger partial charge >= 0.3 is 0 Å². The molecule has 1 aromatic heterocycles. The van der Waals surface area contributed by atoms with E-state index in [0.717, 1.165) is 17.8 Å². The fourth-order valence-electron chi connectivity index (χ4n) is 1.50. The minimum Gasteiger partial charge on any atom is -0.381 e. The van der Waals surface area contributed by atoms with Crippen molar-refractivity contribution in [1.82, 2.24) is 14.8 Å². The molecule has 0 bridgehead atoms. The maximum atomic E-state index is 4.15. The van der Waals surface area contributed by atoms with Crippen LogP contribution in [0.15, 0.2) is 36.9 Å². The molecule has 1 atom stereocenters. The molecule has 0 saturated heterocycles. The maximum absolute atomic E-state index is 4.15. The second kappa shape index (κ2) is 4.79. The number of benzene rings is 1. The molecule has 0 saturated carbocycles. The average molecular weight is 216 g/mol. The number of aromatic nitrogens is 3. The standard InChI is InChI=1S/C12H16N4/c1-3-10(2)15-11-6-4-5-7-12(11)16-9-13-8-14-16/h4-10,15H,3H2,1-2H3. The highest BCUT2D eigenvalue weighted by molar-refractivity contribution is 5.60. The van der Waals surface area contributed by atoms with Crippen molar-refractivity contribution in [3.63, 3.8) is 0 Å². The van der Waals surface area contributed by atoms with E-state index in [1.165, 1.54) is 0 Å². The number of para-hydroxylation sites is 2. The predicted molar refractivity (Wildman–Crippen MR) is 64.7 cm³/mol. The Labute approximate surface area is 95.3 Å². The normalized spacial score (nSPS) is 12.4. The highest BCUT2D eigenvalue weighted by Gasteiger charge is 2.06. The first-order chi connectivity index (χ1) is 7.81. The van der Waals surface area contributed by atoms with Crippen LogP contribution in [-0.2, 0) is 0 Å². The van der Waals surface area contributed by atoms with Crippen LogP contribution in [0.2, 0.25) is 0 Å². The quantitative estimate of drug-likeness (QED) is 0.853. The lowest BCUT2D eigenvalue weighted by Gasteiger charge is -2.16. The summed E-state index contributed by atoms with van der Waals surface area (Å²) in [6.07, 6.45) is 4.34. The van der Waals surface area contributed by atoms with Crippen molar-refractivity contribution in [3.05, 3.63) is 36.9 Å². The number of hydrogen-bond donors (Lipinski definition) is 1. The van der Waals surface area contributed by atoms with Crippen LogP contribution in [0, 0.1) is 0 Å². The summed E-state index contributed by atoms with van der Waals surface area (Å²) in [7, 11) is 0. The van der Waals surface area contributed by atoms with Gasteiger partial charge in [0.15, 0.2) is 0 Å². The van der Waals surface area contributed by atoms with Gasteiger partial charge in [-0.25, -0.2) is 9.67 Å². The molecular formula is C12H16N4. The molecule has 0 radical (unpaired) electrons. The van der Waals surface area contributed by atoms with Crippen molar-refractivity contribution in [2.75, 3.05) is 5.32 Å². The highest BCUT2D eigenvalue weighted by Crippen LogP contribution is 2.19. The summed E-state index contributed by atoms with van der Waals surface area (Å²) in [5.74, 6) is 0. The summed E-state index contributed by atoms with van der Waals surface area (Å²) >= 11 is 0. The van der Waals surface area contributed by atoms with E-state index in [4.69, 9.17) is 0 Å². The van der Waals surface area contributed by atoms with E-state index in [1.54, 1.807) is 17.3 Å². The Bertz CT molecular complexity index is 436. The van der Waals surface area contributed by atoms with E-state index in [-0.39, 0.29) is 0 Å². The molecule has 0 aliphatic heterocycles. The Morgan fingerprint density at radius 2 is 2.19 bits per heavy atom. The first-order valence-corrected chi connectivity index (χ1v) is 5.52. The van der Waals surface area contributed by atoms with Gasteiger partial charge in [0.25, 0.3) is 0 Å². The molecule has 0 fully saturated rings. The molecule has 1 N–H and O–H groups in total. The summed E-state index contributed by atoms with van der Waals surface area (Å²) in [6, 6.07) is 8.55. The number of nitrogens with one attached hydrogen (secondary N) is 1.